The highest BCUT2D eigenvalue weighted by Crippen LogP contribution is 2.09. The summed E-state index contributed by atoms with van der Waals surface area (Å²) in [5.74, 6) is -8.24. The Morgan fingerprint density at radius 2 is 1.00 bits per heavy atom. The maximum absolute atomic E-state index is 13.5. The van der Waals surface area contributed by atoms with Gasteiger partial charge in [0.15, 0.2) is 0 Å². The molecule has 0 aliphatic carbocycles. The number of hydrogen-bond acceptors (Lipinski definition) is 9. The highest BCUT2D eigenvalue weighted by atomic mass is 32.1. The number of amides is 6. The van der Waals surface area contributed by atoms with Crippen LogP contribution in [-0.4, -0.2) is 99.5 Å². The van der Waals surface area contributed by atoms with Crippen molar-refractivity contribution in [3.63, 3.8) is 0 Å². The van der Waals surface area contributed by atoms with Crippen molar-refractivity contribution < 1.29 is 53.4 Å². The molecule has 0 unspecified atom stereocenters. The van der Waals surface area contributed by atoms with Crippen molar-refractivity contribution in [2.75, 3.05) is 6.54 Å². The van der Waals surface area contributed by atoms with Crippen LogP contribution in [0.25, 0.3) is 0 Å². The fourth-order valence-electron chi connectivity index (χ4n) is 4.10. The van der Waals surface area contributed by atoms with Crippen LogP contribution in [-0.2, 0) is 43.2 Å². The third kappa shape index (κ3) is 16.7. The second-order valence-corrected chi connectivity index (χ2v) is 11.8. The van der Waals surface area contributed by atoms with Gasteiger partial charge < -0.3 is 42.1 Å². The van der Waals surface area contributed by atoms with Crippen LogP contribution in [0.1, 0.15) is 73.6 Å². The number of unbranched alkanes of at least 4 members (excludes halogenated alkanes) is 1. The Labute approximate surface area is 272 Å². The number of carbonyl (C=O) groups excluding carboxylic acids is 7. The van der Waals surface area contributed by atoms with Gasteiger partial charge in [0.25, 0.3) is 0 Å². The zero-order valence-corrected chi connectivity index (χ0v) is 27.7. The molecule has 46 heavy (non-hydrogen) atoms. The topological polar surface area (TPSA) is 266 Å². The molecule has 0 rings (SSSR count). The lowest BCUT2D eigenvalue weighted by Gasteiger charge is -2.28. The van der Waals surface area contributed by atoms with Crippen molar-refractivity contribution in [3.8, 4) is 0 Å². The molecule has 0 aliphatic heterocycles. The van der Waals surface area contributed by atoms with Crippen molar-refractivity contribution in [1.82, 2.24) is 31.9 Å². The first-order valence-corrected chi connectivity index (χ1v) is 15.1. The first-order chi connectivity index (χ1) is 21.3. The Morgan fingerprint density at radius 1 is 0.565 bits per heavy atom. The highest BCUT2D eigenvalue weighted by molar-refractivity contribution is 7.96. The van der Waals surface area contributed by atoms with Crippen molar-refractivity contribution in [3.05, 3.63) is 0 Å². The number of rotatable bonds is 21. The Hall–Kier alpha value is -4.22. The molecule has 17 nitrogen and oxygen atoms in total. The van der Waals surface area contributed by atoms with Gasteiger partial charge >= 0.3 is 11.9 Å². The molecular formula is C28H46N6O11S. The average molecular weight is 675 g/mol. The zero-order chi connectivity index (χ0) is 35.7. The normalized spacial score (nSPS) is 14.1. The maximum Gasteiger partial charge on any atom is 0.305 e. The molecule has 0 fully saturated rings. The maximum atomic E-state index is 13.5. The molecule has 0 radical (unpaired) electrons. The van der Waals surface area contributed by atoms with Crippen LogP contribution < -0.4 is 31.9 Å². The van der Waals surface area contributed by atoms with Crippen LogP contribution in [0, 0.1) is 11.8 Å². The molecule has 6 amide bonds. The van der Waals surface area contributed by atoms with Gasteiger partial charge in [-0.05, 0) is 31.1 Å². The Bertz CT molecular complexity index is 1150. The van der Waals surface area contributed by atoms with Gasteiger partial charge in [-0.3, -0.25) is 43.2 Å². The quantitative estimate of drug-likeness (QED) is 0.0497. The highest BCUT2D eigenvalue weighted by Gasteiger charge is 2.34. The van der Waals surface area contributed by atoms with Crippen LogP contribution in [0.3, 0.4) is 0 Å². The summed E-state index contributed by atoms with van der Waals surface area (Å²) in [5.41, 5.74) is 0. The summed E-state index contributed by atoms with van der Waals surface area (Å²) in [6, 6.07) is -6.88. The van der Waals surface area contributed by atoms with Crippen LogP contribution >= 0.6 is 12.6 Å². The van der Waals surface area contributed by atoms with Crippen LogP contribution in [0.4, 0.5) is 0 Å². The molecule has 260 valence electrons. The molecule has 0 spiro atoms. The Kier molecular flexibility index (Phi) is 18.8. The molecule has 5 atom stereocenters. The van der Waals surface area contributed by atoms with E-state index in [0.717, 1.165) is 0 Å². The van der Waals surface area contributed by atoms with Crippen LogP contribution in [0.5, 0.6) is 0 Å². The van der Waals surface area contributed by atoms with E-state index in [0.29, 0.717) is 6.42 Å². The minimum atomic E-state index is -1.66. The van der Waals surface area contributed by atoms with E-state index in [1.807, 2.05) is 0 Å². The molecule has 0 aromatic rings. The van der Waals surface area contributed by atoms with Gasteiger partial charge in [-0.2, -0.15) is 0 Å². The zero-order valence-electron chi connectivity index (χ0n) is 26.8. The minimum absolute atomic E-state index is 0.0331. The molecule has 0 aromatic heterocycles. The number of carboxylic acid groups (broad SMARTS) is 2. The molecule has 0 aromatic carbocycles. The van der Waals surface area contributed by atoms with Crippen LogP contribution in [0.2, 0.25) is 0 Å². The van der Waals surface area contributed by atoms with Gasteiger partial charge in [0.05, 0.1) is 12.8 Å². The average Bonchev–Trinajstić information content (AvgIpc) is 2.91. The fraction of sp³-hybridized carbons (Fsp3) is 0.679. The van der Waals surface area contributed by atoms with Gasteiger partial charge in [-0.1, -0.05) is 27.7 Å². The number of carboxylic acids is 2. The van der Waals surface area contributed by atoms with E-state index in [-0.39, 0.29) is 25.3 Å². The number of thiol groups is 1. The molecular weight excluding hydrogens is 628 g/mol. The Morgan fingerprint density at radius 3 is 1.43 bits per heavy atom. The summed E-state index contributed by atoms with van der Waals surface area (Å²) < 4.78 is 0. The van der Waals surface area contributed by atoms with Gasteiger partial charge in [0.1, 0.15) is 30.2 Å². The number of aliphatic carboxylic acids is 2. The number of hydrogen-bond donors (Lipinski definition) is 9. The van der Waals surface area contributed by atoms with Gasteiger partial charge in [-0.25, -0.2) is 0 Å². The number of carbonyl (C=O) groups is 9. The summed E-state index contributed by atoms with van der Waals surface area (Å²) in [6.07, 6.45) is -0.986. The first-order valence-electron chi connectivity index (χ1n) is 14.7. The summed E-state index contributed by atoms with van der Waals surface area (Å²) in [5, 5.41) is 32.0. The molecule has 18 heteroatoms. The molecule has 0 saturated carbocycles. The van der Waals surface area contributed by atoms with E-state index < -0.39 is 101 Å². The number of nitrogens with one attached hydrogen (secondary N) is 6. The fourth-order valence-corrected chi connectivity index (χ4v) is 4.26. The third-order valence-corrected chi connectivity index (χ3v) is 6.80. The molecule has 8 N–H and O–H groups in total. The SMILES string of the molecule is CC(=O)NCCCC[C@H](NC(=O)[C@H](CC(=O)O)NC(=O)[C@@H](NC(C)=O)C(C)C)C(=O)N[C@H](C(=O)N[C@@H](CC(=O)O)C(=O)S)C(C)C. The van der Waals surface area contributed by atoms with Crippen molar-refractivity contribution in [2.45, 2.75) is 104 Å². The summed E-state index contributed by atoms with van der Waals surface area (Å²) in [4.78, 5) is 110. The van der Waals surface area contributed by atoms with Gasteiger partial charge in [0.2, 0.25) is 40.6 Å². The predicted octanol–water partition coefficient (Wildman–Crippen LogP) is -1.55. The standard InChI is InChI=1S/C28H46N6O11S/c1-13(2)22(30-16(6)36)26(43)32-18(11-20(37)38)25(42)31-17(9-7-8-10-29-15(5)35)24(41)34-23(14(3)4)27(44)33-19(28(45)46)12-21(39)40/h13-14,17-19,22-23H,7-12H2,1-6H3,(H,29,35)(H,30,36)(H,31,42)(H,32,43)(H,33,44)(H,34,41)(H,37,38)(H,39,40)(H,45,46)/t17-,18-,19-,22-,23-/m0/s1. The summed E-state index contributed by atoms with van der Waals surface area (Å²) in [7, 11) is 0. The van der Waals surface area contributed by atoms with Gasteiger partial charge in [0, 0.05) is 20.4 Å². The van der Waals surface area contributed by atoms with E-state index >= 15 is 0 Å². The summed E-state index contributed by atoms with van der Waals surface area (Å²) in [6.45, 7) is 9.16. The predicted molar refractivity (Wildman–Crippen MR) is 166 cm³/mol. The summed E-state index contributed by atoms with van der Waals surface area (Å²) >= 11 is 3.61. The second kappa shape index (κ2) is 20.7. The lowest BCUT2D eigenvalue weighted by molar-refractivity contribution is -0.142. The van der Waals surface area contributed by atoms with E-state index in [1.54, 1.807) is 27.7 Å². The van der Waals surface area contributed by atoms with E-state index in [4.69, 9.17) is 5.11 Å². The van der Waals surface area contributed by atoms with E-state index in [9.17, 15) is 48.3 Å². The van der Waals surface area contributed by atoms with Crippen molar-refractivity contribution in [1.29, 1.82) is 0 Å². The van der Waals surface area contributed by atoms with Gasteiger partial charge in [-0.15, -0.1) is 12.6 Å². The smallest absolute Gasteiger partial charge is 0.305 e. The lowest BCUT2D eigenvalue weighted by atomic mass is 10.0. The molecule has 0 bridgehead atoms. The molecule has 0 aliphatic rings. The Balaban J connectivity index is 6.12. The third-order valence-electron chi connectivity index (χ3n) is 6.49. The van der Waals surface area contributed by atoms with E-state index in [1.165, 1.54) is 13.8 Å². The second-order valence-electron chi connectivity index (χ2n) is 11.3. The minimum Gasteiger partial charge on any atom is -0.481 e. The largest absolute Gasteiger partial charge is 0.481 e. The van der Waals surface area contributed by atoms with Crippen molar-refractivity contribution >= 4 is 65.1 Å². The molecule has 0 saturated heterocycles. The van der Waals surface area contributed by atoms with E-state index in [2.05, 4.69) is 44.5 Å². The lowest BCUT2D eigenvalue weighted by Crippen LogP contribution is -2.60. The monoisotopic (exact) mass is 674 g/mol. The molecule has 0 heterocycles. The van der Waals surface area contributed by atoms with Crippen molar-refractivity contribution in [2.24, 2.45) is 11.8 Å². The van der Waals surface area contributed by atoms with Crippen LogP contribution in [0.15, 0.2) is 0 Å². The first kappa shape index (κ1) is 41.8.